The quantitative estimate of drug-likeness (QED) is 0.642. The fourth-order valence-corrected chi connectivity index (χ4v) is 5.08. The lowest BCUT2D eigenvalue weighted by Gasteiger charge is -2.29. The summed E-state index contributed by atoms with van der Waals surface area (Å²) in [5, 5.41) is 1.29. The van der Waals surface area contributed by atoms with E-state index in [4.69, 9.17) is 0 Å². The number of halogens is 1. The number of nitrogens with one attached hydrogen (secondary N) is 1. The zero-order valence-electron chi connectivity index (χ0n) is 14.5. The van der Waals surface area contributed by atoms with Crippen LogP contribution in [0.2, 0.25) is 0 Å². The van der Waals surface area contributed by atoms with Crippen molar-refractivity contribution in [2.75, 3.05) is 13.1 Å². The Balaban J connectivity index is 1.46. The summed E-state index contributed by atoms with van der Waals surface area (Å²) in [6.07, 6.45) is 8.38. The Bertz CT molecular complexity index is 973. The summed E-state index contributed by atoms with van der Waals surface area (Å²) in [6, 6.07) is 14.0. The molecule has 0 aliphatic carbocycles. The van der Waals surface area contributed by atoms with E-state index in [0.717, 1.165) is 23.9 Å². The number of aromatic amines is 1. The first-order chi connectivity index (χ1) is 12.8. The summed E-state index contributed by atoms with van der Waals surface area (Å²) in [4.78, 5) is 8.28. The number of hydrogen-bond acceptors (Lipinski definition) is 2. The van der Waals surface area contributed by atoms with Gasteiger partial charge >= 0.3 is 0 Å². The van der Waals surface area contributed by atoms with Gasteiger partial charge in [0, 0.05) is 45.0 Å². The highest BCUT2D eigenvalue weighted by molar-refractivity contribution is 7.99. The second-order valence-electron chi connectivity index (χ2n) is 7.19. The van der Waals surface area contributed by atoms with Gasteiger partial charge in [0.25, 0.3) is 0 Å². The molecule has 0 radical (unpaired) electrons. The van der Waals surface area contributed by atoms with Crippen molar-refractivity contribution >= 4 is 28.2 Å². The molecular formula is C22H21FN2S. The smallest absolute Gasteiger partial charge is 0.123 e. The first-order valence-electron chi connectivity index (χ1n) is 9.24. The SMILES string of the molecule is Fc1ccc(Sc2ccc3[nH]cc(C4=CCN5CCCC5C4)c3c2)cc1. The second-order valence-corrected chi connectivity index (χ2v) is 8.34. The summed E-state index contributed by atoms with van der Waals surface area (Å²) in [7, 11) is 0. The van der Waals surface area contributed by atoms with E-state index in [1.807, 2.05) is 12.1 Å². The molecule has 0 spiro atoms. The molecule has 2 aliphatic heterocycles. The highest BCUT2D eigenvalue weighted by Gasteiger charge is 2.28. The summed E-state index contributed by atoms with van der Waals surface area (Å²) in [5.41, 5.74) is 4.00. The largest absolute Gasteiger partial charge is 0.361 e. The number of nitrogens with zero attached hydrogens (tertiary/aromatic N) is 1. The average molecular weight is 364 g/mol. The molecular weight excluding hydrogens is 343 g/mol. The van der Waals surface area contributed by atoms with Crippen LogP contribution in [0.3, 0.4) is 0 Å². The molecule has 2 nitrogen and oxygen atoms in total. The zero-order chi connectivity index (χ0) is 17.5. The standard InChI is InChI=1S/C22H21FN2S/c23-16-3-5-18(6-4-16)26-19-7-8-22-20(13-19)21(14-24-22)15-9-11-25-10-1-2-17(25)12-15/h3-9,13-14,17,24H,1-2,10-12H2. The number of fused-ring (bicyclic) bond motifs is 2. The van der Waals surface area contributed by atoms with E-state index >= 15 is 0 Å². The summed E-state index contributed by atoms with van der Waals surface area (Å²) in [5.74, 6) is -0.192. The third-order valence-corrected chi connectivity index (χ3v) is 6.57. The Hall–Kier alpha value is -2.04. The fraction of sp³-hybridized carbons (Fsp3) is 0.273. The van der Waals surface area contributed by atoms with Gasteiger partial charge in [0.05, 0.1) is 0 Å². The molecule has 4 heteroatoms. The molecule has 2 aliphatic rings. The fourth-order valence-electron chi connectivity index (χ4n) is 4.22. The predicted octanol–water partition coefficient (Wildman–Crippen LogP) is 5.71. The molecule has 5 rings (SSSR count). The van der Waals surface area contributed by atoms with Gasteiger partial charge in [-0.3, -0.25) is 4.90 Å². The van der Waals surface area contributed by atoms with Crippen LogP contribution in [0.4, 0.5) is 4.39 Å². The minimum atomic E-state index is -0.192. The number of H-pyrrole nitrogens is 1. The van der Waals surface area contributed by atoms with Crippen LogP contribution in [0.15, 0.2) is 64.5 Å². The van der Waals surface area contributed by atoms with E-state index in [9.17, 15) is 4.39 Å². The van der Waals surface area contributed by atoms with Crippen LogP contribution >= 0.6 is 11.8 Å². The zero-order valence-corrected chi connectivity index (χ0v) is 15.4. The topological polar surface area (TPSA) is 19.0 Å². The van der Waals surface area contributed by atoms with E-state index < -0.39 is 0 Å². The number of benzene rings is 2. The highest BCUT2D eigenvalue weighted by atomic mass is 32.2. The average Bonchev–Trinajstić information content (AvgIpc) is 3.29. The van der Waals surface area contributed by atoms with Crippen molar-refractivity contribution in [2.24, 2.45) is 0 Å². The number of rotatable bonds is 3. The molecule has 1 fully saturated rings. The predicted molar refractivity (Wildman–Crippen MR) is 106 cm³/mol. The van der Waals surface area contributed by atoms with Gasteiger partial charge in [-0.2, -0.15) is 0 Å². The molecule has 3 aromatic rings. The van der Waals surface area contributed by atoms with Crippen molar-refractivity contribution < 1.29 is 4.39 Å². The highest BCUT2D eigenvalue weighted by Crippen LogP contribution is 2.37. The summed E-state index contributed by atoms with van der Waals surface area (Å²) >= 11 is 1.68. The van der Waals surface area contributed by atoms with E-state index in [2.05, 4.69) is 40.4 Å². The van der Waals surface area contributed by atoms with E-state index in [1.165, 1.54) is 58.5 Å². The lowest BCUT2D eigenvalue weighted by Crippen LogP contribution is -2.32. The Morgan fingerprint density at radius 2 is 1.92 bits per heavy atom. The molecule has 132 valence electrons. The maximum atomic E-state index is 13.1. The minimum absolute atomic E-state index is 0.192. The Labute approximate surface area is 157 Å². The lowest BCUT2D eigenvalue weighted by atomic mass is 9.94. The van der Waals surface area contributed by atoms with E-state index in [0.29, 0.717) is 0 Å². The molecule has 1 aromatic heterocycles. The van der Waals surface area contributed by atoms with Gasteiger partial charge in [-0.05, 0) is 73.8 Å². The van der Waals surface area contributed by atoms with Crippen LogP contribution in [0.25, 0.3) is 16.5 Å². The summed E-state index contributed by atoms with van der Waals surface area (Å²) < 4.78 is 13.1. The van der Waals surface area contributed by atoms with Crippen molar-refractivity contribution in [1.82, 2.24) is 9.88 Å². The van der Waals surface area contributed by atoms with Gasteiger partial charge in [-0.25, -0.2) is 4.39 Å². The van der Waals surface area contributed by atoms with Crippen LogP contribution in [-0.2, 0) is 0 Å². The van der Waals surface area contributed by atoms with Crippen molar-refractivity contribution in [3.8, 4) is 0 Å². The molecule has 1 atom stereocenters. The number of hydrogen-bond donors (Lipinski definition) is 1. The van der Waals surface area contributed by atoms with Gasteiger partial charge in [-0.1, -0.05) is 17.8 Å². The van der Waals surface area contributed by atoms with Crippen molar-refractivity contribution in [2.45, 2.75) is 35.1 Å². The Kier molecular flexibility index (Phi) is 4.10. The first kappa shape index (κ1) is 16.2. The van der Waals surface area contributed by atoms with Gasteiger partial charge in [0.1, 0.15) is 5.82 Å². The van der Waals surface area contributed by atoms with Crippen LogP contribution in [-0.4, -0.2) is 29.0 Å². The van der Waals surface area contributed by atoms with Gasteiger partial charge < -0.3 is 4.98 Å². The Morgan fingerprint density at radius 1 is 1.08 bits per heavy atom. The monoisotopic (exact) mass is 364 g/mol. The van der Waals surface area contributed by atoms with Crippen molar-refractivity contribution in [3.05, 3.63) is 66.1 Å². The molecule has 1 unspecified atom stereocenters. The maximum absolute atomic E-state index is 13.1. The summed E-state index contributed by atoms with van der Waals surface area (Å²) in [6.45, 7) is 2.33. The van der Waals surface area contributed by atoms with E-state index in [1.54, 1.807) is 11.8 Å². The molecule has 1 N–H and O–H groups in total. The lowest BCUT2D eigenvalue weighted by molar-refractivity contribution is 0.275. The number of aromatic nitrogens is 1. The van der Waals surface area contributed by atoms with Crippen molar-refractivity contribution in [3.63, 3.8) is 0 Å². The Morgan fingerprint density at radius 3 is 2.81 bits per heavy atom. The molecule has 3 heterocycles. The second kappa shape index (κ2) is 6.60. The first-order valence-corrected chi connectivity index (χ1v) is 10.1. The van der Waals surface area contributed by atoms with Crippen LogP contribution in [0.1, 0.15) is 24.8 Å². The third-order valence-electron chi connectivity index (χ3n) is 5.58. The molecule has 0 saturated carbocycles. The molecule has 26 heavy (non-hydrogen) atoms. The third kappa shape index (κ3) is 2.97. The van der Waals surface area contributed by atoms with Crippen LogP contribution in [0.5, 0.6) is 0 Å². The normalized spacial score (nSPS) is 20.3. The molecule has 2 aromatic carbocycles. The maximum Gasteiger partial charge on any atom is 0.123 e. The molecule has 0 amide bonds. The molecule has 1 saturated heterocycles. The van der Waals surface area contributed by atoms with E-state index in [-0.39, 0.29) is 5.82 Å². The molecule has 0 bridgehead atoms. The van der Waals surface area contributed by atoms with Crippen LogP contribution in [0, 0.1) is 5.82 Å². The van der Waals surface area contributed by atoms with Gasteiger partial charge in [0.2, 0.25) is 0 Å². The van der Waals surface area contributed by atoms with Crippen molar-refractivity contribution in [1.29, 1.82) is 0 Å². The minimum Gasteiger partial charge on any atom is -0.361 e. The van der Waals surface area contributed by atoms with Gasteiger partial charge in [0.15, 0.2) is 0 Å². The van der Waals surface area contributed by atoms with Gasteiger partial charge in [-0.15, -0.1) is 0 Å². The van der Waals surface area contributed by atoms with Crippen LogP contribution < -0.4 is 0 Å².